The largest absolute Gasteiger partial charge is 0.503 e. The summed E-state index contributed by atoms with van der Waals surface area (Å²) in [5, 5.41) is 13.9. The third kappa shape index (κ3) is 5.77. The molecule has 0 radical (unpaired) electrons. The molecule has 0 saturated heterocycles. The average Bonchev–Trinajstić information content (AvgIpc) is 2.30. The molecule has 106 valence electrons. The molecule has 19 heavy (non-hydrogen) atoms. The second kappa shape index (κ2) is 6.60. The molecular weight excluding hydrogens is 240 g/mol. The van der Waals surface area contributed by atoms with E-state index in [-0.39, 0.29) is 0 Å². The van der Waals surface area contributed by atoms with E-state index < -0.39 is 6.16 Å². The smallest absolute Gasteiger partial charge is 0.450 e. The molecule has 1 aliphatic rings. The van der Waals surface area contributed by atoms with Gasteiger partial charge in [-0.2, -0.15) is 0 Å². The molecule has 1 aromatic rings. The molecule has 0 unspecified atom stereocenters. The Bertz CT molecular complexity index is 393. The zero-order chi connectivity index (χ0) is 14.5. The van der Waals surface area contributed by atoms with Gasteiger partial charge in [0.25, 0.3) is 0 Å². The van der Waals surface area contributed by atoms with Crippen molar-refractivity contribution in [2.45, 2.75) is 52.4 Å². The average molecular weight is 264 g/mol. The van der Waals surface area contributed by atoms with Crippen LogP contribution in [0.3, 0.4) is 0 Å². The minimum absolute atomic E-state index is 0.585. The van der Waals surface area contributed by atoms with Crippen molar-refractivity contribution in [2.75, 3.05) is 0 Å². The van der Waals surface area contributed by atoms with Gasteiger partial charge >= 0.3 is 6.16 Å². The second-order valence-corrected chi connectivity index (χ2v) is 6.13. The summed E-state index contributed by atoms with van der Waals surface area (Å²) in [6.07, 6.45) is 3.67. The fourth-order valence-electron chi connectivity index (χ4n) is 2.57. The third-order valence-electron chi connectivity index (χ3n) is 3.89. The van der Waals surface area contributed by atoms with Crippen molar-refractivity contribution in [3.05, 3.63) is 35.4 Å². The summed E-state index contributed by atoms with van der Waals surface area (Å²) >= 11 is 0. The first-order valence-electron chi connectivity index (χ1n) is 6.78. The lowest BCUT2D eigenvalue weighted by atomic mass is 9.71. The topological polar surface area (TPSA) is 57.5 Å². The van der Waals surface area contributed by atoms with Crippen molar-refractivity contribution in [1.29, 1.82) is 0 Å². The van der Waals surface area contributed by atoms with Crippen LogP contribution < -0.4 is 0 Å². The minimum Gasteiger partial charge on any atom is -0.450 e. The highest BCUT2D eigenvalue weighted by Crippen LogP contribution is 2.42. The summed E-state index contributed by atoms with van der Waals surface area (Å²) < 4.78 is 0. The molecule has 0 heterocycles. The first-order chi connectivity index (χ1) is 8.80. The predicted octanol–water partition coefficient (Wildman–Crippen LogP) is 4.90. The number of carboxylic acid groups (broad SMARTS) is 2. The fraction of sp³-hybridized carbons (Fsp3) is 0.562. The van der Waals surface area contributed by atoms with Crippen LogP contribution in [0.1, 0.15) is 56.6 Å². The van der Waals surface area contributed by atoms with Gasteiger partial charge in [0.2, 0.25) is 0 Å². The molecule has 3 heteroatoms. The molecule has 1 aliphatic carbocycles. The van der Waals surface area contributed by atoms with E-state index in [4.69, 9.17) is 15.0 Å². The Morgan fingerprint density at radius 2 is 1.53 bits per heavy atom. The van der Waals surface area contributed by atoms with Crippen LogP contribution in [0, 0.1) is 12.3 Å². The Hall–Kier alpha value is -1.51. The molecule has 1 saturated carbocycles. The Kier molecular flexibility index (Phi) is 5.40. The summed E-state index contributed by atoms with van der Waals surface area (Å²) in [7, 11) is 0. The molecule has 0 aliphatic heterocycles. The lowest BCUT2D eigenvalue weighted by molar-refractivity contribution is 0.137. The quantitative estimate of drug-likeness (QED) is 0.758. The van der Waals surface area contributed by atoms with Gasteiger partial charge in [0, 0.05) is 0 Å². The van der Waals surface area contributed by atoms with Crippen LogP contribution in [-0.2, 0) is 0 Å². The zero-order valence-corrected chi connectivity index (χ0v) is 12.0. The number of aryl methyl sites for hydroxylation is 1. The lowest BCUT2D eigenvalue weighted by Crippen LogP contribution is -2.20. The number of hydrogen-bond donors (Lipinski definition) is 2. The normalized spacial score (nSPS) is 18.3. The maximum Gasteiger partial charge on any atom is 0.503 e. The monoisotopic (exact) mass is 264 g/mol. The number of carbonyl (C=O) groups is 1. The van der Waals surface area contributed by atoms with E-state index in [1.165, 1.54) is 31.2 Å². The van der Waals surface area contributed by atoms with Gasteiger partial charge in [0.1, 0.15) is 0 Å². The highest BCUT2D eigenvalue weighted by atomic mass is 16.6. The van der Waals surface area contributed by atoms with Crippen LogP contribution in [-0.4, -0.2) is 16.4 Å². The van der Waals surface area contributed by atoms with Crippen LogP contribution in [0.25, 0.3) is 0 Å². The molecule has 2 rings (SSSR count). The van der Waals surface area contributed by atoms with Crippen molar-refractivity contribution in [3.63, 3.8) is 0 Å². The highest BCUT2D eigenvalue weighted by molar-refractivity contribution is 5.53. The van der Waals surface area contributed by atoms with Crippen molar-refractivity contribution < 1.29 is 15.0 Å². The molecular formula is C16H24O3. The summed E-state index contributed by atoms with van der Waals surface area (Å²) in [5.74, 6) is 0.818. The molecule has 0 spiro atoms. The van der Waals surface area contributed by atoms with Crippen molar-refractivity contribution in [2.24, 2.45) is 5.41 Å². The van der Waals surface area contributed by atoms with Crippen molar-refractivity contribution >= 4 is 6.16 Å². The number of hydrogen-bond acceptors (Lipinski definition) is 1. The first-order valence-corrected chi connectivity index (χ1v) is 6.78. The fourth-order valence-corrected chi connectivity index (χ4v) is 2.57. The van der Waals surface area contributed by atoms with Gasteiger partial charge in [-0.1, -0.05) is 43.7 Å². The summed E-state index contributed by atoms with van der Waals surface area (Å²) in [5.41, 5.74) is 3.51. The summed E-state index contributed by atoms with van der Waals surface area (Å²) in [6.45, 7) is 6.96. The molecule has 3 nitrogen and oxygen atoms in total. The van der Waals surface area contributed by atoms with E-state index in [0.29, 0.717) is 5.41 Å². The summed E-state index contributed by atoms with van der Waals surface area (Å²) in [4.78, 5) is 8.56. The second-order valence-electron chi connectivity index (χ2n) is 6.13. The van der Waals surface area contributed by atoms with Crippen LogP contribution in [0.15, 0.2) is 24.3 Å². The Balaban J connectivity index is 0.000000399. The van der Waals surface area contributed by atoms with Crippen molar-refractivity contribution in [3.8, 4) is 0 Å². The van der Waals surface area contributed by atoms with Crippen LogP contribution in [0.2, 0.25) is 0 Å². The van der Waals surface area contributed by atoms with E-state index >= 15 is 0 Å². The van der Waals surface area contributed by atoms with Gasteiger partial charge < -0.3 is 10.2 Å². The maximum atomic E-state index is 8.56. The van der Waals surface area contributed by atoms with Gasteiger partial charge in [-0.15, -0.1) is 0 Å². The van der Waals surface area contributed by atoms with Gasteiger partial charge in [-0.05, 0) is 49.5 Å². The standard InChI is InChI=1S/C15H22.CH2O3/c1-12-4-6-13(7-5-12)14-8-10-15(2,3)11-9-14;2-1(3)4/h4-7,14H,8-11H2,1-3H3;(H2,2,3,4). The number of rotatable bonds is 1. The van der Waals surface area contributed by atoms with E-state index in [0.717, 1.165) is 5.92 Å². The van der Waals surface area contributed by atoms with Gasteiger partial charge in [0.05, 0.1) is 0 Å². The molecule has 0 aromatic heterocycles. The molecule has 0 amide bonds. The first kappa shape index (κ1) is 15.5. The zero-order valence-electron chi connectivity index (χ0n) is 12.0. The summed E-state index contributed by atoms with van der Waals surface area (Å²) in [6, 6.07) is 9.13. The van der Waals surface area contributed by atoms with Crippen molar-refractivity contribution in [1.82, 2.24) is 0 Å². The van der Waals surface area contributed by atoms with Crippen LogP contribution >= 0.6 is 0 Å². The maximum absolute atomic E-state index is 8.56. The third-order valence-corrected chi connectivity index (χ3v) is 3.89. The Morgan fingerprint density at radius 3 is 1.95 bits per heavy atom. The molecule has 0 bridgehead atoms. The van der Waals surface area contributed by atoms with Gasteiger partial charge in [-0.25, -0.2) is 4.79 Å². The van der Waals surface area contributed by atoms with Crippen LogP contribution in [0.4, 0.5) is 4.79 Å². The minimum atomic E-state index is -1.83. The van der Waals surface area contributed by atoms with E-state index in [9.17, 15) is 0 Å². The number of benzene rings is 1. The Labute approximate surface area is 115 Å². The molecule has 2 N–H and O–H groups in total. The van der Waals surface area contributed by atoms with Crippen LogP contribution in [0.5, 0.6) is 0 Å². The van der Waals surface area contributed by atoms with E-state index in [2.05, 4.69) is 45.0 Å². The SMILES string of the molecule is Cc1ccc(C2CCC(C)(C)CC2)cc1.O=C(O)O. The molecule has 1 aromatic carbocycles. The highest BCUT2D eigenvalue weighted by Gasteiger charge is 2.27. The van der Waals surface area contributed by atoms with E-state index in [1.54, 1.807) is 5.56 Å². The Morgan fingerprint density at radius 1 is 1.11 bits per heavy atom. The lowest BCUT2D eigenvalue weighted by Gasteiger charge is -2.34. The van der Waals surface area contributed by atoms with Gasteiger partial charge in [-0.3, -0.25) is 0 Å². The predicted molar refractivity (Wildman–Crippen MR) is 76.8 cm³/mol. The van der Waals surface area contributed by atoms with E-state index in [1.807, 2.05) is 0 Å². The molecule has 0 atom stereocenters. The molecule has 1 fully saturated rings. The van der Waals surface area contributed by atoms with Gasteiger partial charge in [0.15, 0.2) is 0 Å².